The van der Waals surface area contributed by atoms with E-state index in [4.69, 9.17) is 4.74 Å². The summed E-state index contributed by atoms with van der Waals surface area (Å²) in [6.07, 6.45) is 0. The zero-order chi connectivity index (χ0) is 14.3. The summed E-state index contributed by atoms with van der Waals surface area (Å²) < 4.78 is 18.3. The van der Waals surface area contributed by atoms with Crippen molar-refractivity contribution in [2.75, 3.05) is 45.7 Å². The third-order valence-corrected chi connectivity index (χ3v) is 2.66. The molecule has 0 fully saturated rings. The number of likely N-dealkylation sites (N-methyl/N-ethyl adjacent to an activating group) is 1. The fourth-order valence-corrected chi connectivity index (χ4v) is 1.58. The first kappa shape index (κ1) is 15.3. The fraction of sp³-hybridized carbons (Fsp3) is 0.500. The number of benzene rings is 1. The van der Waals surface area contributed by atoms with Gasteiger partial charge in [-0.05, 0) is 19.2 Å². The van der Waals surface area contributed by atoms with Crippen LogP contribution in [0.3, 0.4) is 0 Å². The van der Waals surface area contributed by atoms with Crippen LogP contribution in [0.5, 0.6) is 0 Å². The lowest BCUT2D eigenvalue weighted by molar-refractivity contribution is -0.386. The summed E-state index contributed by atoms with van der Waals surface area (Å²) in [5.41, 5.74) is -0.313. The second kappa shape index (κ2) is 7.65. The third kappa shape index (κ3) is 4.80. The van der Waals surface area contributed by atoms with Crippen LogP contribution in [0.2, 0.25) is 0 Å². The number of nitro benzene ring substituents is 1. The molecule has 0 saturated carbocycles. The molecule has 19 heavy (non-hydrogen) atoms. The van der Waals surface area contributed by atoms with E-state index in [1.54, 1.807) is 7.11 Å². The number of para-hydroxylation sites is 1. The van der Waals surface area contributed by atoms with Gasteiger partial charge in [-0.1, -0.05) is 6.07 Å². The molecule has 1 aromatic carbocycles. The van der Waals surface area contributed by atoms with E-state index >= 15 is 0 Å². The maximum atomic E-state index is 13.3. The van der Waals surface area contributed by atoms with Crippen LogP contribution < -0.4 is 5.32 Å². The number of hydrogen-bond donors (Lipinski definition) is 1. The van der Waals surface area contributed by atoms with Gasteiger partial charge in [0.2, 0.25) is 5.82 Å². The number of halogens is 1. The molecule has 7 heteroatoms. The molecule has 6 nitrogen and oxygen atoms in total. The Kier molecular flexibility index (Phi) is 6.17. The minimum absolute atomic E-state index is 0.199. The van der Waals surface area contributed by atoms with Gasteiger partial charge in [0, 0.05) is 26.7 Å². The van der Waals surface area contributed by atoms with E-state index in [-0.39, 0.29) is 5.69 Å². The predicted octanol–water partition coefficient (Wildman–Crippen LogP) is 1.72. The van der Waals surface area contributed by atoms with Crippen molar-refractivity contribution in [3.05, 3.63) is 34.1 Å². The highest BCUT2D eigenvalue weighted by Crippen LogP contribution is 2.26. The van der Waals surface area contributed by atoms with E-state index in [2.05, 4.69) is 5.32 Å². The molecular formula is C12H18FN3O3. The summed E-state index contributed by atoms with van der Waals surface area (Å²) in [7, 11) is 3.54. The molecule has 1 rings (SSSR count). The van der Waals surface area contributed by atoms with Crippen molar-refractivity contribution in [2.45, 2.75) is 0 Å². The van der Waals surface area contributed by atoms with Crippen LogP contribution in [-0.2, 0) is 4.74 Å². The van der Waals surface area contributed by atoms with Crippen LogP contribution in [0, 0.1) is 15.9 Å². The first-order valence-electron chi connectivity index (χ1n) is 5.90. The smallest absolute Gasteiger partial charge is 0.327 e. The molecule has 0 heterocycles. The second-order valence-corrected chi connectivity index (χ2v) is 4.12. The van der Waals surface area contributed by atoms with E-state index in [0.717, 1.165) is 12.6 Å². The van der Waals surface area contributed by atoms with Crippen molar-refractivity contribution in [2.24, 2.45) is 0 Å². The van der Waals surface area contributed by atoms with Crippen molar-refractivity contribution < 1.29 is 14.1 Å². The maximum absolute atomic E-state index is 13.3. The van der Waals surface area contributed by atoms with Gasteiger partial charge in [-0.15, -0.1) is 0 Å². The lowest BCUT2D eigenvalue weighted by Gasteiger charge is -2.16. The topological polar surface area (TPSA) is 67.6 Å². The van der Waals surface area contributed by atoms with Gasteiger partial charge < -0.3 is 15.0 Å². The molecule has 106 valence electrons. The highest BCUT2D eigenvalue weighted by molar-refractivity contribution is 5.61. The molecule has 0 aliphatic rings. The predicted molar refractivity (Wildman–Crippen MR) is 70.9 cm³/mol. The van der Waals surface area contributed by atoms with Crippen LogP contribution >= 0.6 is 0 Å². The van der Waals surface area contributed by atoms with Crippen molar-refractivity contribution in [3.8, 4) is 0 Å². The summed E-state index contributed by atoms with van der Waals surface area (Å²) in [6.45, 7) is 2.56. The van der Waals surface area contributed by atoms with Gasteiger partial charge in [-0.3, -0.25) is 10.1 Å². The summed E-state index contributed by atoms with van der Waals surface area (Å²) in [4.78, 5) is 12.1. The molecule has 0 unspecified atom stereocenters. The highest BCUT2D eigenvalue weighted by Gasteiger charge is 2.19. The van der Waals surface area contributed by atoms with Gasteiger partial charge in [0.05, 0.1) is 11.5 Å². The highest BCUT2D eigenvalue weighted by atomic mass is 19.1. The first-order chi connectivity index (χ1) is 9.06. The normalized spacial score (nSPS) is 10.7. The number of nitrogens with one attached hydrogen (secondary N) is 1. The minimum atomic E-state index is -0.831. The SMILES string of the molecule is COCCN(C)CCNc1cccc(F)c1[N+](=O)[O-]. The van der Waals surface area contributed by atoms with E-state index < -0.39 is 16.4 Å². The van der Waals surface area contributed by atoms with Crippen molar-refractivity contribution in [1.29, 1.82) is 0 Å². The van der Waals surface area contributed by atoms with Crippen LogP contribution in [0.25, 0.3) is 0 Å². The Morgan fingerprint density at radius 1 is 1.47 bits per heavy atom. The van der Waals surface area contributed by atoms with Crippen LogP contribution in [0.1, 0.15) is 0 Å². The molecule has 0 spiro atoms. The maximum Gasteiger partial charge on any atom is 0.327 e. The lowest BCUT2D eigenvalue weighted by atomic mass is 10.2. The van der Waals surface area contributed by atoms with Gasteiger partial charge in [-0.2, -0.15) is 4.39 Å². The third-order valence-electron chi connectivity index (χ3n) is 2.66. The number of methoxy groups -OCH3 is 1. The van der Waals surface area contributed by atoms with Gasteiger partial charge in [-0.25, -0.2) is 0 Å². The van der Waals surface area contributed by atoms with Crippen molar-refractivity contribution in [3.63, 3.8) is 0 Å². The average molecular weight is 271 g/mol. The number of nitrogens with zero attached hydrogens (tertiary/aromatic N) is 2. The zero-order valence-electron chi connectivity index (χ0n) is 11.1. The molecule has 0 atom stereocenters. The molecule has 0 amide bonds. The molecule has 1 aromatic rings. The number of ether oxygens (including phenoxy) is 1. The Hall–Kier alpha value is -1.73. The molecule has 0 aromatic heterocycles. The van der Waals surface area contributed by atoms with Crippen LogP contribution in [-0.4, -0.2) is 50.2 Å². The molecule has 0 saturated heterocycles. The monoisotopic (exact) mass is 271 g/mol. The zero-order valence-corrected chi connectivity index (χ0v) is 11.1. The Morgan fingerprint density at radius 3 is 2.84 bits per heavy atom. The Labute approximate surface area is 111 Å². The fourth-order valence-electron chi connectivity index (χ4n) is 1.58. The van der Waals surface area contributed by atoms with E-state index in [1.807, 2.05) is 11.9 Å². The van der Waals surface area contributed by atoms with Gasteiger partial charge >= 0.3 is 5.69 Å². The number of rotatable bonds is 8. The number of hydrogen-bond acceptors (Lipinski definition) is 5. The van der Waals surface area contributed by atoms with Crippen LogP contribution in [0.4, 0.5) is 15.8 Å². The van der Waals surface area contributed by atoms with E-state index in [1.165, 1.54) is 12.1 Å². The quantitative estimate of drug-likeness (QED) is 0.576. The van der Waals surface area contributed by atoms with E-state index in [0.29, 0.717) is 19.7 Å². The van der Waals surface area contributed by atoms with Crippen LogP contribution in [0.15, 0.2) is 18.2 Å². The van der Waals surface area contributed by atoms with E-state index in [9.17, 15) is 14.5 Å². The van der Waals surface area contributed by atoms with Gasteiger partial charge in [0.25, 0.3) is 0 Å². The van der Waals surface area contributed by atoms with Gasteiger partial charge in [0.15, 0.2) is 0 Å². The molecular weight excluding hydrogens is 253 g/mol. The first-order valence-corrected chi connectivity index (χ1v) is 5.90. The molecule has 0 radical (unpaired) electrons. The molecule has 0 bridgehead atoms. The standard InChI is InChI=1S/C12H18FN3O3/c1-15(8-9-19-2)7-6-14-11-5-3-4-10(13)12(11)16(17)18/h3-5,14H,6-9H2,1-2H3. The van der Waals surface area contributed by atoms with Crippen molar-refractivity contribution in [1.82, 2.24) is 4.90 Å². The number of anilines is 1. The van der Waals surface area contributed by atoms with Crippen molar-refractivity contribution >= 4 is 11.4 Å². The Morgan fingerprint density at radius 2 is 2.21 bits per heavy atom. The Balaban J connectivity index is 2.54. The number of nitro groups is 1. The molecule has 0 aliphatic carbocycles. The summed E-state index contributed by atoms with van der Waals surface area (Å²) in [5.74, 6) is -0.831. The molecule has 1 N–H and O–H groups in total. The summed E-state index contributed by atoms with van der Waals surface area (Å²) in [5, 5.41) is 13.7. The van der Waals surface area contributed by atoms with Gasteiger partial charge in [0.1, 0.15) is 5.69 Å². The minimum Gasteiger partial charge on any atom is -0.383 e. The largest absolute Gasteiger partial charge is 0.383 e. The summed E-state index contributed by atoms with van der Waals surface area (Å²) >= 11 is 0. The Bertz CT molecular complexity index is 429. The summed E-state index contributed by atoms with van der Waals surface area (Å²) in [6, 6.07) is 4.02. The lowest BCUT2D eigenvalue weighted by Crippen LogP contribution is -2.28. The average Bonchev–Trinajstić information content (AvgIpc) is 2.36. The second-order valence-electron chi connectivity index (χ2n) is 4.12. The molecule has 0 aliphatic heterocycles.